The summed E-state index contributed by atoms with van der Waals surface area (Å²) < 4.78 is 5.97. The summed E-state index contributed by atoms with van der Waals surface area (Å²) in [6.07, 6.45) is 2.78. The normalized spacial score (nSPS) is 22.7. The Morgan fingerprint density at radius 3 is 2.38 bits per heavy atom. The van der Waals surface area contributed by atoms with Gasteiger partial charge in [0.15, 0.2) is 0 Å². The molecule has 0 aliphatic carbocycles. The van der Waals surface area contributed by atoms with Gasteiger partial charge in [0.2, 0.25) is 17.7 Å². The van der Waals surface area contributed by atoms with Crippen LogP contribution in [-0.4, -0.2) is 78.7 Å². The lowest BCUT2D eigenvalue weighted by Crippen LogP contribution is -2.60. The van der Waals surface area contributed by atoms with Gasteiger partial charge in [-0.3, -0.25) is 14.4 Å². The lowest BCUT2D eigenvalue weighted by molar-refractivity contribution is -0.145. The third kappa shape index (κ3) is 8.40. The first-order chi connectivity index (χ1) is 18.7. The van der Waals surface area contributed by atoms with Crippen molar-refractivity contribution in [2.45, 2.75) is 51.4 Å². The first-order valence-corrected chi connectivity index (χ1v) is 13.4. The Balaban J connectivity index is 1.94. The summed E-state index contributed by atoms with van der Waals surface area (Å²) in [5, 5.41) is 19.4. The fourth-order valence-corrected chi connectivity index (χ4v) is 4.59. The van der Waals surface area contributed by atoms with Gasteiger partial charge in [-0.1, -0.05) is 74.5 Å². The third-order valence-corrected chi connectivity index (χ3v) is 6.67. The summed E-state index contributed by atoms with van der Waals surface area (Å²) in [6.45, 7) is 6.25. The van der Waals surface area contributed by atoms with E-state index in [4.69, 9.17) is 4.74 Å². The SMILES string of the molecule is CC(C)C1NCCOc2ccccc2C=CCNC(=O)C(Cc2ccccc2)NC(=O)C(C(C)O)N(C)C1=O. The molecule has 3 rings (SSSR count). The summed E-state index contributed by atoms with van der Waals surface area (Å²) in [6, 6.07) is 14.2. The first kappa shape index (κ1) is 29.9. The molecule has 0 spiro atoms. The Hall–Kier alpha value is -3.69. The van der Waals surface area contributed by atoms with Crippen molar-refractivity contribution >= 4 is 23.8 Å². The van der Waals surface area contributed by atoms with Crippen molar-refractivity contribution in [2.24, 2.45) is 5.92 Å². The van der Waals surface area contributed by atoms with Crippen LogP contribution in [0.3, 0.4) is 0 Å². The van der Waals surface area contributed by atoms with Gasteiger partial charge < -0.3 is 30.7 Å². The quantitative estimate of drug-likeness (QED) is 0.473. The van der Waals surface area contributed by atoms with Crippen molar-refractivity contribution in [3.63, 3.8) is 0 Å². The topological polar surface area (TPSA) is 120 Å². The number of nitrogens with zero attached hydrogens (tertiary/aromatic N) is 1. The molecule has 0 saturated heterocycles. The second-order valence-electron chi connectivity index (χ2n) is 10.1. The van der Waals surface area contributed by atoms with Gasteiger partial charge in [-0.15, -0.1) is 0 Å². The molecule has 1 heterocycles. The maximum Gasteiger partial charge on any atom is 0.246 e. The van der Waals surface area contributed by atoms with Crippen molar-refractivity contribution in [2.75, 3.05) is 26.7 Å². The lowest BCUT2D eigenvalue weighted by atomic mass is 10.00. The molecule has 39 heavy (non-hydrogen) atoms. The smallest absolute Gasteiger partial charge is 0.246 e. The van der Waals surface area contributed by atoms with E-state index in [1.54, 1.807) is 0 Å². The summed E-state index contributed by atoms with van der Waals surface area (Å²) in [4.78, 5) is 41.5. The van der Waals surface area contributed by atoms with E-state index in [-0.39, 0.29) is 30.7 Å². The molecule has 0 bridgehead atoms. The highest BCUT2D eigenvalue weighted by Crippen LogP contribution is 2.19. The minimum Gasteiger partial charge on any atom is -0.492 e. The van der Waals surface area contributed by atoms with Crippen LogP contribution in [0.2, 0.25) is 0 Å². The number of amides is 3. The molecule has 0 radical (unpaired) electrons. The van der Waals surface area contributed by atoms with Gasteiger partial charge in [-0.05, 0) is 24.5 Å². The number of benzene rings is 2. The van der Waals surface area contributed by atoms with Crippen LogP contribution >= 0.6 is 0 Å². The van der Waals surface area contributed by atoms with Gasteiger partial charge in [0.25, 0.3) is 0 Å². The molecule has 4 N–H and O–H groups in total. The van der Waals surface area contributed by atoms with Crippen LogP contribution in [0.15, 0.2) is 60.7 Å². The van der Waals surface area contributed by atoms with Crippen LogP contribution in [0.4, 0.5) is 0 Å². The summed E-state index contributed by atoms with van der Waals surface area (Å²) in [5.74, 6) is -0.707. The van der Waals surface area contributed by atoms with Crippen LogP contribution < -0.4 is 20.7 Å². The molecule has 1 aliphatic rings. The second-order valence-corrected chi connectivity index (χ2v) is 10.1. The summed E-state index contributed by atoms with van der Waals surface area (Å²) >= 11 is 0. The number of aliphatic hydroxyl groups is 1. The van der Waals surface area contributed by atoms with E-state index in [1.807, 2.05) is 80.6 Å². The summed E-state index contributed by atoms with van der Waals surface area (Å²) in [7, 11) is 1.50. The van der Waals surface area contributed by atoms with Crippen molar-refractivity contribution in [1.82, 2.24) is 20.9 Å². The van der Waals surface area contributed by atoms with E-state index in [9.17, 15) is 19.5 Å². The van der Waals surface area contributed by atoms with E-state index in [2.05, 4.69) is 16.0 Å². The number of nitrogens with one attached hydrogen (secondary N) is 3. The molecule has 4 atom stereocenters. The molecule has 9 heteroatoms. The van der Waals surface area contributed by atoms with Crippen molar-refractivity contribution in [1.29, 1.82) is 0 Å². The van der Waals surface area contributed by atoms with E-state index in [1.165, 1.54) is 18.9 Å². The fourth-order valence-electron chi connectivity index (χ4n) is 4.59. The largest absolute Gasteiger partial charge is 0.492 e. The third-order valence-electron chi connectivity index (χ3n) is 6.67. The average molecular weight is 537 g/mol. The molecule has 3 amide bonds. The number of carbonyl (C=O) groups is 3. The predicted molar refractivity (Wildman–Crippen MR) is 151 cm³/mol. The molecule has 1 aliphatic heterocycles. The number of ether oxygens (including phenoxy) is 1. The van der Waals surface area contributed by atoms with E-state index < -0.39 is 30.1 Å². The standard InChI is InChI=1S/C30H40N4O5/c1-20(2)26-30(38)34(4)27(21(3)35)29(37)33-24(19-22-11-6-5-7-12-22)28(36)32-16-10-14-23-13-8-9-15-25(23)39-18-17-31-26/h5-15,20-21,24,26-27,31,35H,16-19H2,1-4H3,(H,32,36)(H,33,37). The zero-order valence-electron chi connectivity index (χ0n) is 23.1. The Morgan fingerprint density at radius 2 is 1.69 bits per heavy atom. The van der Waals surface area contributed by atoms with Gasteiger partial charge >= 0.3 is 0 Å². The molecule has 4 unspecified atom stereocenters. The number of likely N-dealkylation sites (N-methyl/N-ethyl adjacent to an activating group) is 1. The van der Waals surface area contributed by atoms with Gasteiger partial charge in [0.1, 0.15) is 24.4 Å². The Morgan fingerprint density at radius 1 is 1.00 bits per heavy atom. The van der Waals surface area contributed by atoms with Crippen LogP contribution in [-0.2, 0) is 20.8 Å². The molecule has 0 saturated carbocycles. The monoisotopic (exact) mass is 536 g/mol. The molecule has 2 aromatic carbocycles. The second kappa shape index (κ2) is 14.5. The van der Waals surface area contributed by atoms with E-state index in [0.29, 0.717) is 18.9 Å². The number of carbonyl (C=O) groups excluding carboxylic acids is 3. The number of hydrogen-bond donors (Lipinski definition) is 4. The maximum absolute atomic E-state index is 13.5. The number of fused-ring (bicyclic) bond motifs is 1. The highest BCUT2D eigenvalue weighted by Gasteiger charge is 2.36. The predicted octanol–water partition coefficient (Wildman–Crippen LogP) is 1.76. The fraction of sp³-hybridized carbons (Fsp3) is 0.433. The lowest BCUT2D eigenvalue weighted by Gasteiger charge is -2.34. The van der Waals surface area contributed by atoms with Crippen LogP contribution in [0.5, 0.6) is 5.75 Å². The zero-order valence-corrected chi connectivity index (χ0v) is 23.1. The van der Waals surface area contributed by atoms with Crippen LogP contribution in [0.25, 0.3) is 6.08 Å². The van der Waals surface area contributed by atoms with Crippen molar-refractivity contribution < 1.29 is 24.2 Å². The van der Waals surface area contributed by atoms with Crippen molar-refractivity contribution in [3.05, 3.63) is 71.8 Å². The van der Waals surface area contributed by atoms with Gasteiger partial charge in [-0.2, -0.15) is 0 Å². The molecule has 0 fully saturated rings. The highest BCUT2D eigenvalue weighted by atomic mass is 16.5. The highest BCUT2D eigenvalue weighted by molar-refractivity contribution is 5.93. The Bertz CT molecular complexity index is 1140. The Kier molecular flexibility index (Phi) is 11.1. The number of rotatable bonds is 4. The van der Waals surface area contributed by atoms with Crippen molar-refractivity contribution in [3.8, 4) is 5.75 Å². The minimum absolute atomic E-state index is 0.0879. The van der Waals surface area contributed by atoms with Crippen LogP contribution in [0.1, 0.15) is 31.9 Å². The summed E-state index contributed by atoms with van der Waals surface area (Å²) in [5.41, 5.74) is 1.72. The zero-order chi connectivity index (χ0) is 28.4. The van der Waals surface area contributed by atoms with E-state index >= 15 is 0 Å². The van der Waals surface area contributed by atoms with E-state index in [0.717, 1.165) is 11.1 Å². The van der Waals surface area contributed by atoms with Gasteiger partial charge in [-0.25, -0.2) is 0 Å². The number of para-hydroxylation sites is 1. The number of aliphatic hydroxyl groups excluding tert-OH is 1. The minimum atomic E-state index is -1.19. The number of hydrogen-bond acceptors (Lipinski definition) is 6. The van der Waals surface area contributed by atoms with Crippen LogP contribution in [0, 0.1) is 5.92 Å². The Labute approximate surface area is 230 Å². The molecular formula is C30H40N4O5. The molecule has 210 valence electrons. The van der Waals surface area contributed by atoms with Gasteiger partial charge in [0.05, 0.1) is 12.1 Å². The molecule has 2 aromatic rings. The molecule has 0 aromatic heterocycles. The first-order valence-electron chi connectivity index (χ1n) is 13.4. The molecule has 9 nitrogen and oxygen atoms in total. The average Bonchev–Trinajstić information content (AvgIpc) is 2.90. The van der Waals surface area contributed by atoms with Gasteiger partial charge in [0, 0.05) is 32.1 Å². The molecular weight excluding hydrogens is 496 g/mol. The maximum atomic E-state index is 13.5.